The van der Waals surface area contributed by atoms with E-state index in [1.54, 1.807) is 0 Å². The molecule has 6 heteroatoms. The fourth-order valence-electron chi connectivity index (χ4n) is 2.61. The van der Waals surface area contributed by atoms with Crippen molar-refractivity contribution in [2.75, 3.05) is 11.9 Å². The van der Waals surface area contributed by atoms with E-state index in [0.29, 0.717) is 15.9 Å². The van der Waals surface area contributed by atoms with E-state index in [2.05, 4.69) is 10.3 Å². The number of amides is 1. The van der Waals surface area contributed by atoms with Crippen molar-refractivity contribution in [1.29, 1.82) is 0 Å². The van der Waals surface area contributed by atoms with Crippen LogP contribution >= 0.6 is 22.9 Å². The number of carbonyl (C=O) groups excluding carboxylic acids is 1. The molecule has 1 N–H and O–H groups in total. The maximum atomic E-state index is 12.2. The Bertz CT molecular complexity index is 915. The van der Waals surface area contributed by atoms with Crippen molar-refractivity contribution in [3.8, 4) is 17.0 Å². The predicted octanol–water partition coefficient (Wildman–Crippen LogP) is 5.41. The maximum absolute atomic E-state index is 12.2. The van der Waals surface area contributed by atoms with Crippen molar-refractivity contribution in [2.45, 2.75) is 20.8 Å². The van der Waals surface area contributed by atoms with E-state index in [1.807, 2.05) is 63.2 Å². The number of nitrogens with zero attached hydrogens (tertiary/aromatic N) is 1. The molecule has 4 nitrogen and oxygen atoms in total. The van der Waals surface area contributed by atoms with Gasteiger partial charge in [-0.1, -0.05) is 41.9 Å². The highest BCUT2D eigenvalue weighted by Gasteiger charge is 2.12. The zero-order valence-electron chi connectivity index (χ0n) is 14.8. The van der Waals surface area contributed by atoms with Gasteiger partial charge >= 0.3 is 0 Å². The molecule has 26 heavy (non-hydrogen) atoms. The average molecular weight is 387 g/mol. The number of thiazole rings is 1. The first kappa shape index (κ1) is 18.4. The minimum atomic E-state index is -0.247. The Morgan fingerprint density at radius 3 is 2.46 bits per heavy atom. The minimum Gasteiger partial charge on any atom is -0.484 e. The van der Waals surface area contributed by atoms with Gasteiger partial charge in [0, 0.05) is 15.5 Å². The van der Waals surface area contributed by atoms with Crippen LogP contribution in [0.1, 0.15) is 16.0 Å². The van der Waals surface area contributed by atoms with Gasteiger partial charge in [-0.05, 0) is 44.0 Å². The SMILES string of the molecule is Cc1cc(OCC(=O)Nc2nc(-c3ccccc3)c(C)s2)cc(C)c1Cl. The van der Waals surface area contributed by atoms with E-state index in [4.69, 9.17) is 16.3 Å². The van der Waals surface area contributed by atoms with Crippen LogP contribution in [0.3, 0.4) is 0 Å². The predicted molar refractivity (Wildman–Crippen MR) is 107 cm³/mol. The lowest BCUT2D eigenvalue weighted by atomic mass is 10.1. The number of halogens is 1. The number of aryl methyl sites for hydroxylation is 3. The number of nitrogens with one attached hydrogen (secondary N) is 1. The summed E-state index contributed by atoms with van der Waals surface area (Å²) < 4.78 is 5.58. The molecule has 2 aromatic carbocycles. The van der Waals surface area contributed by atoms with Gasteiger partial charge in [0.05, 0.1) is 5.69 Å². The highest BCUT2D eigenvalue weighted by molar-refractivity contribution is 7.16. The standard InChI is InChI=1S/C20H19ClN2O2S/c1-12-9-16(10-13(2)18(12)21)25-11-17(24)22-20-23-19(14(3)26-20)15-7-5-4-6-8-15/h4-10H,11H2,1-3H3,(H,22,23,24). The van der Waals surface area contributed by atoms with E-state index < -0.39 is 0 Å². The number of rotatable bonds is 5. The number of aromatic nitrogens is 1. The van der Waals surface area contributed by atoms with Gasteiger partial charge in [-0.2, -0.15) is 0 Å². The Kier molecular flexibility index (Phi) is 5.59. The van der Waals surface area contributed by atoms with Crippen LogP contribution in [0.2, 0.25) is 5.02 Å². The summed E-state index contributed by atoms with van der Waals surface area (Å²) in [5, 5.41) is 4.09. The molecule has 3 aromatic rings. The Labute approximate surface area is 161 Å². The summed E-state index contributed by atoms with van der Waals surface area (Å²) in [5.74, 6) is 0.378. The molecule has 3 rings (SSSR count). The second kappa shape index (κ2) is 7.89. The molecule has 0 saturated carbocycles. The fourth-order valence-corrected chi connectivity index (χ4v) is 3.57. The van der Waals surface area contributed by atoms with E-state index in [0.717, 1.165) is 27.3 Å². The van der Waals surface area contributed by atoms with Crippen molar-refractivity contribution in [3.63, 3.8) is 0 Å². The molecule has 0 spiro atoms. The summed E-state index contributed by atoms with van der Waals surface area (Å²) in [7, 11) is 0. The Hall–Kier alpha value is -2.37. The fraction of sp³-hybridized carbons (Fsp3) is 0.200. The van der Waals surface area contributed by atoms with Crippen LogP contribution in [0.25, 0.3) is 11.3 Å². The maximum Gasteiger partial charge on any atom is 0.264 e. The molecule has 0 aliphatic heterocycles. The third-order valence-corrected chi connectivity index (χ3v) is 5.35. The summed E-state index contributed by atoms with van der Waals surface area (Å²) in [4.78, 5) is 17.8. The smallest absolute Gasteiger partial charge is 0.264 e. The Morgan fingerprint density at radius 1 is 1.15 bits per heavy atom. The first-order valence-corrected chi connectivity index (χ1v) is 9.35. The van der Waals surface area contributed by atoms with Crippen molar-refractivity contribution in [1.82, 2.24) is 4.98 Å². The van der Waals surface area contributed by atoms with Crippen LogP contribution < -0.4 is 10.1 Å². The summed E-state index contributed by atoms with van der Waals surface area (Å²) in [6.07, 6.45) is 0. The first-order valence-electron chi connectivity index (χ1n) is 8.16. The van der Waals surface area contributed by atoms with E-state index in [-0.39, 0.29) is 12.5 Å². The van der Waals surface area contributed by atoms with Gasteiger partial charge in [0.25, 0.3) is 5.91 Å². The lowest BCUT2D eigenvalue weighted by Gasteiger charge is -2.09. The average Bonchev–Trinajstić information content (AvgIpc) is 2.98. The van der Waals surface area contributed by atoms with Gasteiger partial charge in [-0.25, -0.2) is 4.98 Å². The number of carbonyl (C=O) groups is 1. The highest BCUT2D eigenvalue weighted by Crippen LogP contribution is 2.30. The number of hydrogen-bond acceptors (Lipinski definition) is 4. The summed E-state index contributed by atoms with van der Waals surface area (Å²) in [6, 6.07) is 13.6. The zero-order chi connectivity index (χ0) is 18.7. The van der Waals surface area contributed by atoms with Gasteiger partial charge in [-0.15, -0.1) is 11.3 Å². The van der Waals surface area contributed by atoms with Gasteiger partial charge in [0.15, 0.2) is 11.7 Å². The number of ether oxygens (including phenoxy) is 1. The number of benzene rings is 2. The molecule has 0 atom stereocenters. The molecule has 134 valence electrons. The number of hydrogen-bond donors (Lipinski definition) is 1. The van der Waals surface area contributed by atoms with Crippen molar-refractivity contribution < 1.29 is 9.53 Å². The van der Waals surface area contributed by atoms with E-state index in [1.165, 1.54) is 11.3 Å². The lowest BCUT2D eigenvalue weighted by Crippen LogP contribution is -2.20. The molecule has 0 fully saturated rings. The summed E-state index contributed by atoms with van der Waals surface area (Å²) >= 11 is 7.60. The normalized spacial score (nSPS) is 10.6. The van der Waals surface area contributed by atoms with E-state index in [9.17, 15) is 4.79 Å². The zero-order valence-corrected chi connectivity index (χ0v) is 16.4. The number of anilines is 1. The van der Waals surface area contributed by atoms with Crippen molar-refractivity contribution in [2.24, 2.45) is 0 Å². The largest absolute Gasteiger partial charge is 0.484 e. The Balaban J connectivity index is 1.64. The van der Waals surface area contributed by atoms with Gasteiger partial charge < -0.3 is 4.74 Å². The molecule has 0 aliphatic carbocycles. The van der Waals surface area contributed by atoms with E-state index >= 15 is 0 Å². The molecular weight excluding hydrogens is 368 g/mol. The summed E-state index contributed by atoms with van der Waals surface area (Å²) in [6.45, 7) is 5.72. The van der Waals surface area contributed by atoms with Gasteiger partial charge in [0.2, 0.25) is 0 Å². The molecule has 0 bridgehead atoms. The van der Waals surface area contributed by atoms with Crippen molar-refractivity contribution in [3.05, 3.63) is 63.5 Å². The van der Waals surface area contributed by atoms with Crippen LogP contribution in [0.5, 0.6) is 5.75 Å². The third-order valence-electron chi connectivity index (χ3n) is 3.87. The van der Waals surface area contributed by atoms with Crippen LogP contribution in [0.15, 0.2) is 42.5 Å². The van der Waals surface area contributed by atoms with Crippen LogP contribution in [0, 0.1) is 20.8 Å². The third kappa shape index (κ3) is 4.23. The second-order valence-electron chi connectivity index (χ2n) is 6.00. The molecule has 0 radical (unpaired) electrons. The lowest BCUT2D eigenvalue weighted by molar-refractivity contribution is -0.118. The minimum absolute atomic E-state index is 0.0835. The topological polar surface area (TPSA) is 51.2 Å². The van der Waals surface area contributed by atoms with Crippen LogP contribution in [-0.4, -0.2) is 17.5 Å². The van der Waals surface area contributed by atoms with Gasteiger partial charge in [-0.3, -0.25) is 10.1 Å². The summed E-state index contributed by atoms with van der Waals surface area (Å²) in [5.41, 5.74) is 3.76. The molecule has 0 aliphatic rings. The second-order valence-corrected chi connectivity index (χ2v) is 7.58. The van der Waals surface area contributed by atoms with Gasteiger partial charge in [0.1, 0.15) is 5.75 Å². The monoisotopic (exact) mass is 386 g/mol. The van der Waals surface area contributed by atoms with Crippen LogP contribution in [0.4, 0.5) is 5.13 Å². The molecule has 1 aromatic heterocycles. The quantitative estimate of drug-likeness (QED) is 0.638. The molecule has 1 heterocycles. The van der Waals surface area contributed by atoms with Crippen LogP contribution in [-0.2, 0) is 4.79 Å². The first-order chi connectivity index (χ1) is 12.4. The molecule has 1 amide bonds. The molecule has 0 unspecified atom stereocenters. The molecular formula is C20H19ClN2O2S. The van der Waals surface area contributed by atoms with Crippen molar-refractivity contribution >= 4 is 34.0 Å². The highest BCUT2D eigenvalue weighted by atomic mass is 35.5. The Morgan fingerprint density at radius 2 is 1.81 bits per heavy atom. The molecule has 0 saturated heterocycles.